The highest BCUT2D eigenvalue weighted by atomic mass is 35.5. The molecule has 1 aromatic rings. The molecular weight excluding hydrogens is 256 g/mol. The number of benzene rings is 1. The van der Waals surface area contributed by atoms with Crippen molar-refractivity contribution in [1.29, 1.82) is 0 Å². The third kappa shape index (κ3) is 7.47. The van der Waals surface area contributed by atoms with Gasteiger partial charge in [0, 0.05) is 5.88 Å². The number of rotatable bonds is 11. The molecule has 108 valence electrons. The highest BCUT2D eigenvalue weighted by Gasteiger charge is 2.02. The molecule has 0 saturated carbocycles. The van der Waals surface area contributed by atoms with Crippen molar-refractivity contribution in [1.82, 2.24) is 0 Å². The van der Waals surface area contributed by atoms with E-state index >= 15 is 0 Å². The molecule has 1 aromatic carbocycles. The van der Waals surface area contributed by atoms with Crippen molar-refractivity contribution in [3.05, 3.63) is 29.8 Å². The summed E-state index contributed by atoms with van der Waals surface area (Å²) in [4.78, 5) is 0. The summed E-state index contributed by atoms with van der Waals surface area (Å²) >= 11 is 5.67. The highest BCUT2D eigenvalue weighted by molar-refractivity contribution is 6.17. The smallest absolute Gasteiger partial charge is 0.122 e. The third-order valence-corrected chi connectivity index (χ3v) is 3.53. The van der Waals surface area contributed by atoms with Gasteiger partial charge < -0.3 is 4.74 Å². The second-order valence-electron chi connectivity index (χ2n) is 5.02. The lowest BCUT2D eigenvalue weighted by Crippen LogP contribution is -1.99. The summed E-state index contributed by atoms with van der Waals surface area (Å²) in [7, 11) is 0. The van der Waals surface area contributed by atoms with Crippen molar-refractivity contribution < 1.29 is 4.74 Å². The molecule has 0 aliphatic rings. The zero-order chi connectivity index (χ0) is 13.8. The van der Waals surface area contributed by atoms with Crippen LogP contribution in [0.25, 0.3) is 0 Å². The van der Waals surface area contributed by atoms with Crippen molar-refractivity contribution in [3.8, 4) is 5.75 Å². The molecule has 0 bridgehead atoms. The lowest BCUT2D eigenvalue weighted by molar-refractivity contribution is 0.314. The molecule has 0 unspecified atom stereocenters. The van der Waals surface area contributed by atoms with Crippen LogP contribution in [-0.4, -0.2) is 12.5 Å². The van der Waals surface area contributed by atoms with Crippen LogP contribution < -0.4 is 4.74 Å². The first kappa shape index (κ1) is 16.4. The Bertz CT molecular complexity index is 325. The number of alkyl halides is 1. The van der Waals surface area contributed by atoms with E-state index in [2.05, 4.69) is 31.2 Å². The van der Waals surface area contributed by atoms with E-state index < -0.39 is 0 Å². The number of aryl methyl sites for hydroxylation is 1. The fourth-order valence-corrected chi connectivity index (χ4v) is 2.37. The fraction of sp³-hybridized carbons (Fsp3) is 0.647. The molecule has 2 heteroatoms. The zero-order valence-corrected chi connectivity index (χ0v) is 12.9. The molecule has 0 aliphatic heterocycles. The van der Waals surface area contributed by atoms with Crippen LogP contribution in [0.15, 0.2) is 24.3 Å². The molecule has 0 heterocycles. The van der Waals surface area contributed by atoms with Crippen LogP contribution in [0, 0.1) is 0 Å². The fourth-order valence-electron chi connectivity index (χ4n) is 2.18. The highest BCUT2D eigenvalue weighted by Crippen LogP contribution is 2.21. The Morgan fingerprint density at radius 2 is 1.63 bits per heavy atom. The standard InChI is InChI=1S/C17H27ClO/c1-2-15-19-17-13-9-8-12-16(17)11-7-5-3-4-6-10-14-18/h8-9,12-13H,2-7,10-11,14-15H2,1H3. The van der Waals surface area contributed by atoms with Crippen LogP contribution >= 0.6 is 11.6 Å². The van der Waals surface area contributed by atoms with Gasteiger partial charge in [-0.15, -0.1) is 11.6 Å². The van der Waals surface area contributed by atoms with Gasteiger partial charge in [-0.2, -0.15) is 0 Å². The summed E-state index contributed by atoms with van der Waals surface area (Å²) in [6, 6.07) is 8.44. The monoisotopic (exact) mass is 282 g/mol. The minimum absolute atomic E-state index is 0.808. The van der Waals surface area contributed by atoms with Crippen LogP contribution in [0.4, 0.5) is 0 Å². The summed E-state index contributed by atoms with van der Waals surface area (Å²) < 4.78 is 5.78. The SMILES string of the molecule is CCCOc1ccccc1CCCCCCCCCl. The third-order valence-electron chi connectivity index (χ3n) is 3.26. The molecule has 0 spiro atoms. The predicted octanol–water partition coefficient (Wildman–Crippen LogP) is 5.60. The average molecular weight is 283 g/mol. The molecule has 0 saturated heterocycles. The minimum Gasteiger partial charge on any atom is -0.493 e. The molecule has 0 amide bonds. The topological polar surface area (TPSA) is 9.23 Å². The Labute approximate surface area is 123 Å². The van der Waals surface area contributed by atoms with Gasteiger partial charge in [-0.1, -0.05) is 50.8 Å². The van der Waals surface area contributed by atoms with E-state index in [4.69, 9.17) is 16.3 Å². The second-order valence-corrected chi connectivity index (χ2v) is 5.39. The van der Waals surface area contributed by atoms with Gasteiger partial charge >= 0.3 is 0 Å². The van der Waals surface area contributed by atoms with Gasteiger partial charge in [-0.25, -0.2) is 0 Å². The van der Waals surface area contributed by atoms with Crippen LogP contribution in [0.5, 0.6) is 5.75 Å². The van der Waals surface area contributed by atoms with Gasteiger partial charge in [0.25, 0.3) is 0 Å². The number of unbranched alkanes of at least 4 members (excludes halogenated alkanes) is 5. The lowest BCUT2D eigenvalue weighted by atomic mass is 10.0. The number of hydrogen-bond acceptors (Lipinski definition) is 1. The zero-order valence-electron chi connectivity index (χ0n) is 12.2. The van der Waals surface area contributed by atoms with Crippen molar-refractivity contribution in [2.45, 2.75) is 58.3 Å². The van der Waals surface area contributed by atoms with E-state index in [0.29, 0.717) is 0 Å². The first-order chi connectivity index (χ1) is 9.38. The van der Waals surface area contributed by atoms with Gasteiger partial charge in [-0.3, -0.25) is 0 Å². The summed E-state index contributed by atoms with van der Waals surface area (Å²) in [5, 5.41) is 0. The van der Waals surface area contributed by atoms with Gasteiger partial charge in [0.05, 0.1) is 6.61 Å². The Hall–Kier alpha value is -0.690. The van der Waals surface area contributed by atoms with Crippen LogP contribution in [0.1, 0.15) is 57.4 Å². The Balaban J connectivity index is 2.21. The van der Waals surface area contributed by atoms with E-state index in [1.54, 1.807) is 0 Å². The molecule has 0 aliphatic carbocycles. The van der Waals surface area contributed by atoms with E-state index in [1.165, 1.54) is 37.7 Å². The number of halogens is 1. The molecule has 0 fully saturated rings. The average Bonchev–Trinajstić information content (AvgIpc) is 2.45. The molecule has 0 aromatic heterocycles. The van der Waals surface area contributed by atoms with Gasteiger partial charge in [0.15, 0.2) is 0 Å². The first-order valence-corrected chi connectivity index (χ1v) is 8.18. The molecular formula is C17H27ClO. The maximum Gasteiger partial charge on any atom is 0.122 e. The summed E-state index contributed by atoms with van der Waals surface area (Å²) in [5.41, 5.74) is 1.36. The van der Waals surface area contributed by atoms with Crippen molar-refractivity contribution in [2.75, 3.05) is 12.5 Å². The molecule has 0 radical (unpaired) electrons. The summed E-state index contributed by atoms with van der Waals surface area (Å²) in [5.74, 6) is 1.88. The van der Waals surface area contributed by atoms with E-state index in [0.717, 1.165) is 37.5 Å². The molecule has 1 rings (SSSR count). The number of ether oxygens (including phenoxy) is 1. The normalized spacial score (nSPS) is 10.6. The predicted molar refractivity (Wildman–Crippen MR) is 84.4 cm³/mol. The Morgan fingerprint density at radius 3 is 2.37 bits per heavy atom. The van der Waals surface area contributed by atoms with Crippen LogP contribution in [-0.2, 0) is 6.42 Å². The lowest BCUT2D eigenvalue weighted by Gasteiger charge is -2.10. The van der Waals surface area contributed by atoms with E-state index in [-0.39, 0.29) is 0 Å². The first-order valence-electron chi connectivity index (χ1n) is 7.65. The second kappa shape index (κ2) is 11.2. The minimum atomic E-state index is 0.808. The molecule has 0 atom stereocenters. The van der Waals surface area contributed by atoms with Crippen LogP contribution in [0.2, 0.25) is 0 Å². The van der Waals surface area contributed by atoms with Crippen molar-refractivity contribution in [2.24, 2.45) is 0 Å². The quantitative estimate of drug-likeness (QED) is 0.379. The number of hydrogen-bond donors (Lipinski definition) is 0. The van der Waals surface area contributed by atoms with Crippen molar-refractivity contribution >= 4 is 11.6 Å². The summed E-state index contributed by atoms with van der Waals surface area (Å²) in [6.45, 7) is 2.96. The Kier molecular flexibility index (Phi) is 9.61. The molecule has 19 heavy (non-hydrogen) atoms. The largest absolute Gasteiger partial charge is 0.493 e. The maximum atomic E-state index is 5.78. The maximum absolute atomic E-state index is 5.78. The molecule has 1 nitrogen and oxygen atoms in total. The van der Waals surface area contributed by atoms with E-state index in [1.807, 2.05) is 0 Å². The number of para-hydroxylation sites is 1. The molecule has 0 N–H and O–H groups in total. The summed E-state index contributed by atoms with van der Waals surface area (Å²) in [6.07, 6.45) is 9.85. The van der Waals surface area contributed by atoms with Crippen molar-refractivity contribution in [3.63, 3.8) is 0 Å². The Morgan fingerprint density at radius 1 is 0.947 bits per heavy atom. The van der Waals surface area contributed by atoms with Gasteiger partial charge in [-0.05, 0) is 37.3 Å². The van der Waals surface area contributed by atoms with E-state index in [9.17, 15) is 0 Å². The van der Waals surface area contributed by atoms with Crippen LogP contribution in [0.3, 0.4) is 0 Å². The van der Waals surface area contributed by atoms with Gasteiger partial charge in [0.2, 0.25) is 0 Å². The van der Waals surface area contributed by atoms with Gasteiger partial charge in [0.1, 0.15) is 5.75 Å².